The van der Waals surface area contributed by atoms with Crippen LogP contribution in [0.1, 0.15) is 0 Å². The molecule has 15 heavy (non-hydrogen) atoms. The highest BCUT2D eigenvalue weighted by atomic mass is 19.1. The fourth-order valence-corrected chi connectivity index (χ4v) is 1.04. The summed E-state index contributed by atoms with van der Waals surface area (Å²) >= 11 is 0. The van der Waals surface area contributed by atoms with Crippen molar-refractivity contribution in [2.75, 3.05) is 20.3 Å². The molecule has 3 nitrogen and oxygen atoms in total. The Labute approximate surface area is 86.2 Å². The van der Waals surface area contributed by atoms with Crippen molar-refractivity contribution in [3.63, 3.8) is 0 Å². The van der Waals surface area contributed by atoms with Crippen LogP contribution in [0.15, 0.2) is 18.2 Å². The lowest BCUT2D eigenvalue weighted by molar-refractivity contribution is 0.0324. The molecule has 5 heteroatoms. The van der Waals surface area contributed by atoms with Crippen molar-refractivity contribution in [3.05, 3.63) is 29.8 Å². The van der Waals surface area contributed by atoms with Gasteiger partial charge in [0.05, 0.1) is 6.61 Å². The zero-order valence-electron chi connectivity index (χ0n) is 8.24. The van der Waals surface area contributed by atoms with Crippen molar-refractivity contribution in [3.8, 4) is 5.75 Å². The van der Waals surface area contributed by atoms with Crippen molar-refractivity contribution in [1.82, 2.24) is 0 Å². The average Bonchev–Trinajstić information content (AvgIpc) is 2.14. The number of aliphatic hydroxyl groups excluding tert-OH is 1. The first-order valence-corrected chi connectivity index (χ1v) is 4.37. The Kier molecular flexibility index (Phi) is 4.45. The topological polar surface area (TPSA) is 38.7 Å². The lowest BCUT2D eigenvalue weighted by atomic mass is 10.3. The number of ether oxygens (including phenoxy) is 2. The van der Waals surface area contributed by atoms with E-state index in [0.29, 0.717) is 0 Å². The Balaban J connectivity index is 2.50. The third-order valence-electron chi connectivity index (χ3n) is 1.64. The van der Waals surface area contributed by atoms with E-state index < -0.39 is 17.7 Å². The van der Waals surface area contributed by atoms with Crippen LogP contribution in [-0.2, 0) is 4.74 Å². The second-order valence-corrected chi connectivity index (χ2v) is 3.03. The SMILES string of the molecule is COC[C@H](O)COc1cc(F)cc(F)c1. The van der Waals surface area contributed by atoms with Gasteiger partial charge >= 0.3 is 0 Å². The van der Waals surface area contributed by atoms with Gasteiger partial charge in [0.2, 0.25) is 0 Å². The van der Waals surface area contributed by atoms with Gasteiger partial charge in [-0.15, -0.1) is 0 Å². The molecule has 84 valence electrons. The van der Waals surface area contributed by atoms with Crippen LogP contribution in [0.2, 0.25) is 0 Å². The third-order valence-corrected chi connectivity index (χ3v) is 1.64. The third kappa shape index (κ3) is 4.22. The van der Waals surface area contributed by atoms with Crippen molar-refractivity contribution < 1.29 is 23.4 Å². The summed E-state index contributed by atoms with van der Waals surface area (Å²) in [6.07, 6.45) is -0.818. The molecule has 0 aliphatic rings. The number of halogens is 2. The maximum absolute atomic E-state index is 12.7. The van der Waals surface area contributed by atoms with Gasteiger partial charge < -0.3 is 14.6 Å². The summed E-state index contributed by atoms with van der Waals surface area (Å²) in [6.45, 7) is 0.0362. The Morgan fingerprint density at radius 3 is 2.33 bits per heavy atom. The fraction of sp³-hybridized carbons (Fsp3) is 0.400. The molecule has 1 aromatic carbocycles. The molecule has 0 aliphatic carbocycles. The van der Waals surface area contributed by atoms with E-state index in [4.69, 9.17) is 4.74 Å². The standard InChI is InChI=1S/C10H12F2O3/c1-14-5-9(13)6-15-10-3-7(11)2-8(12)4-10/h2-4,9,13H,5-6H2,1H3/t9-/m0/s1. The van der Waals surface area contributed by atoms with E-state index in [9.17, 15) is 13.9 Å². The predicted octanol–water partition coefficient (Wildman–Crippen LogP) is 1.35. The molecule has 0 aliphatic heterocycles. The average molecular weight is 218 g/mol. The lowest BCUT2D eigenvalue weighted by Gasteiger charge is -2.11. The highest BCUT2D eigenvalue weighted by Crippen LogP contribution is 2.15. The highest BCUT2D eigenvalue weighted by molar-refractivity contribution is 5.23. The number of rotatable bonds is 5. The van der Waals surface area contributed by atoms with Crippen LogP contribution < -0.4 is 4.74 Å². The summed E-state index contributed by atoms with van der Waals surface area (Å²) in [6, 6.07) is 2.84. The Hall–Kier alpha value is -1.20. The minimum absolute atomic E-state index is 0.0441. The summed E-state index contributed by atoms with van der Waals surface area (Å²) in [7, 11) is 1.44. The van der Waals surface area contributed by atoms with Crippen molar-refractivity contribution in [1.29, 1.82) is 0 Å². The summed E-state index contributed by atoms with van der Waals surface area (Å²) in [5.41, 5.74) is 0. The van der Waals surface area contributed by atoms with Crippen molar-refractivity contribution in [2.45, 2.75) is 6.10 Å². The molecule has 0 aromatic heterocycles. The summed E-state index contributed by atoms with van der Waals surface area (Å²) < 4.78 is 35.0. The second kappa shape index (κ2) is 5.63. The summed E-state index contributed by atoms with van der Waals surface area (Å²) in [4.78, 5) is 0. The smallest absolute Gasteiger partial charge is 0.129 e. The molecule has 0 saturated heterocycles. The number of aliphatic hydroxyl groups is 1. The van der Waals surface area contributed by atoms with Gasteiger partial charge in [0.15, 0.2) is 0 Å². The van der Waals surface area contributed by atoms with Gasteiger partial charge in [0.1, 0.15) is 30.1 Å². The summed E-state index contributed by atoms with van der Waals surface area (Å²) in [5, 5.41) is 9.21. The first-order valence-electron chi connectivity index (χ1n) is 4.37. The van der Waals surface area contributed by atoms with Gasteiger partial charge in [0, 0.05) is 25.3 Å². The first-order chi connectivity index (χ1) is 7.11. The molecule has 1 atom stereocenters. The van der Waals surface area contributed by atoms with Crippen molar-refractivity contribution in [2.24, 2.45) is 0 Å². The highest BCUT2D eigenvalue weighted by Gasteiger charge is 2.06. The van der Waals surface area contributed by atoms with Gasteiger partial charge in [-0.25, -0.2) is 8.78 Å². The monoisotopic (exact) mass is 218 g/mol. The van der Waals surface area contributed by atoms with Crippen LogP contribution in [0.25, 0.3) is 0 Å². The van der Waals surface area contributed by atoms with Crippen LogP contribution in [0.4, 0.5) is 8.78 Å². The van der Waals surface area contributed by atoms with Crippen LogP contribution >= 0.6 is 0 Å². The van der Waals surface area contributed by atoms with Gasteiger partial charge in [-0.3, -0.25) is 0 Å². The van der Waals surface area contributed by atoms with E-state index in [2.05, 4.69) is 4.74 Å². The molecule has 0 amide bonds. The zero-order valence-corrected chi connectivity index (χ0v) is 8.24. The Morgan fingerprint density at radius 1 is 1.20 bits per heavy atom. The minimum Gasteiger partial charge on any atom is -0.491 e. The predicted molar refractivity (Wildman–Crippen MR) is 49.7 cm³/mol. The largest absolute Gasteiger partial charge is 0.491 e. The Bertz CT molecular complexity index is 297. The lowest BCUT2D eigenvalue weighted by Crippen LogP contribution is -2.22. The molecule has 0 heterocycles. The van der Waals surface area contributed by atoms with E-state index in [-0.39, 0.29) is 19.0 Å². The molecule has 1 rings (SSSR count). The maximum Gasteiger partial charge on any atom is 0.129 e. The van der Waals surface area contributed by atoms with E-state index >= 15 is 0 Å². The van der Waals surface area contributed by atoms with Gasteiger partial charge in [0.25, 0.3) is 0 Å². The number of benzene rings is 1. The Morgan fingerprint density at radius 2 is 1.80 bits per heavy atom. The first kappa shape index (κ1) is 11.9. The molecule has 1 N–H and O–H groups in total. The van der Waals surface area contributed by atoms with Crippen LogP contribution in [0.5, 0.6) is 5.75 Å². The molecular weight excluding hydrogens is 206 g/mol. The van der Waals surface area contributed by atoms with E-state index in [1.165, 1.54) is 7.11 Å². The quantitative estimate of drug-likeness (QED) is 0.810. The van der Waals surface area contributed by atoms with Crippen LogP contribution in [0.3, 0.4) is 0 Å². The molecule has 0 fully saturated rings. The molecule has 0 spiro atoms. The van der Waals surface area contributed by atoms with E-state index in [1.54, 1.807) is 0 Å². The van der Waals surface area contributed by atoms with Gasteiger partial charge in [-0.1, -0.05) is 0 Å². The number of hydrogen-bond acceptors (Lipinski definition) is 3. The van der Waals surface area contributed by atoms with E-state index in [0.717, 1.165) is 18.2 Å². The minimum atomic E-state index is -0.818. The van der Waals surface area contributed by atoms with Crippen LogP contribution in [-0.4, -0.2) is 31.5 Å². The normalized spacial score (nSPS) is 12.5. The van der Waals surface area contributed by atoms with Gasteiger partial charge in [-0.05, 0) is 0 Å². The molecule has 0 bridgehead atoms. The number of hydrogen-bond donors (Lipinski definition) is 1. The fourth-order valence-electron chi connectivity index (χ4n) is 1.04. The number of methoxy groups -OCH3 is 1. The zero-order chi connectivity index (χ0) is 11.3. The molecule has 0 saturated carbocycles. The molecular formula is C10H12F2O3. The summed E-state index contributed by atoms with van der Waals surface area (Å²) in [5.74, 6) is -1.39. The van der Waals surface area contributed by atoms with Crippen LogP contribution in [0, 0.1) is 11.6 Å². The molecule has 0 unspecified atom stereocenters. The van der Waals surface area contributed by atoms with Crippen molar-refractivity contribution >= 4 is 0 Å². The van der Waals surface area contributed by atoms with E-state index in [1.807, 2.05) is 0 Å². The molecule has 1 aromatic rings. The second-order valence-electron chi connectivity index (χ2n) is 3.03. The maximum atomic E-state index is 12.7. The van der Waals surface area contributed by atoms with Gasteiger partial charge in [-0.2, -0.15) is 0 Å². The molecule has 0 radical (unpaired) electrons.